The molecule has 0 aliphatic carbocycles. The predicted molar refractivity (Wildman–Crippen MR) is 92.2 cm³/mol. The van der Waals surface area contributed by atoms with Gasteiger partial charge in [-0.3, -0.25) is 0 Å². The van der Waals surface area contributed by atoms with E-state index in [1.807, 2.05) is 0 Å². The van der Waals surface area contributed by atoms with Crippen LogP contribution < -0.4 is 4.90 Å². The maximum atomic E-state index is 3.62. The number of halogens is 1. The van der Waals surface area contributed by atoms with E-state index in [0.29, 0.717) is 0 Å². The highest BCUT2D eigenvalue weighted by molar-refractivity contribution is 9.08. The number of para-hydroxylation sites is 1. The van der Waals surface area contributed by atoms with Gasteiger partial charge in [-0.2, -0.15) is 0 Å². The molecule has 0 radical (unpaired) electrons. The van der Waals surface area contributed by atoms with Gasteiger partial charge in [0.2, 0.25) is 0 Å². The first kappa shape index (κ1) is 15.1. The van der Waals surface area contributed by atoms with Crippen LogP contribution in [-0.4, -0.2) is 6.54 Å². The summed E-state index contributed by atoms with van der Waals surface area (Å²) in [6, 6.07) is 17.4. The fourth-order valence-corrected chi connectivity index (χ4v) is 2.85. The van der Waals surface area contributed by atoms with Crippen LogP contribution in [0.1, 0.15) is 30.9 Å². The Balaban J connectivity index is 2.41. The number of unbranched alkanes of at least 4 members (excludes halogenated alkanes) is 1. The van der Waals surface area contributed by atoms with Crippen LogP contribution in [0.3, 0.4) is 0 Å². The zero-order valence-corrected chi connectivity index (χ0v) is 13.9. The number of nitrogens with zero attached hydrogens (tertiary/aromatic N) is 1. The molecular formula is C18H22BrN. The first-order valence-corrected chi connectivity index (χ1v) is 8.36. The van der Waals surface area contributed by atoms with E-state index in [-0.39, 0.29) is 0 Å². The first-order chi connectivity index (χ1) is 9.76. The molecule has 0 unspecified atom stereocenters. The fraction of sp³-hybridized carbons (Fsp3) is 0.333. The monoisotopic (exact) mass is 331 g/mol. The van der Waals surface area contributed by atoms with Crippen molar-refractivity contribution in [3.63, 3.8) is 0 Å². The van der Waals surface area contributed by atoms with E-state index in [1.165, 1.54) is 35.3 Å². The van der Waals surface area contributed by atoms with Crippen LogP contribution >= 0.6 is 15.9 Å². The second-order valence-electron chi connectivity index (χ2n) is 5.11. The molecule has 20 heavy (non-hydrogen) atoms. The molecule has 0 heterocycles. The Bertz CT molecular complexity index is 536. The summed E-state index contributed by atoms with van der Waals surface area (Å²) in [4.78, 5) is 2.43. The third kappa shape index (κ3) is 3.63. The van der Waals surface area contributed by atoms with Crippen LogP contribution in [0.4, 0.5) is 11.4 Å². The molecule has 0 saturated carbocycles. The van der Waals surface area contributed by atoms with E-state index in [0.717, 1.165) is 11.9 Å². The lowest BCUT2D eigenvalue weighted by atomic mass is 10.1. The maximum Gasteiger partial charge on any atom is 0.0452 e. The molecule has 2 heteroatoms. The average molecular weight is 332 g/mol. The van der Waals surface area contributed by atoms with Crippen molar-refractivity contribution < 1.29 is 0 Å². The third-order valence-electron chi connectivity index (χ3n) is 3.47. The van der Waals surface area contributed by atoms with Gasteiger partial charge in [0.05, 0.1) is 0 Å². The number of aryl methyl sites for hydroxylation is 1. The molecule has 0 fully saturated rings. The van der Waals surface area contributed by atoms with E-state index in [2.05, 4.69) is 83.2 Å². The smallest absolute Gasteiger partial charge is 0.0452 e. The molecule has 0 atom stereocenters. The molecule has 2 aromatic carbocycles. The number of rotatable bonds is 6. The van der Waals surface area contributed by atoms with Gasteiger partial charge in [0.25, 0.3) is 0 Å². The van der Waals surface area contributed by atoms with Gasteiger partial charge in [-0.05, 0) is 37.1 Å². The zero-order valence-electron chi connectivity index (χ0n) is 12.3. The summed E-state index contributed by atoms with van der Waals surface area (Å²) < 4.78 is 0. The third-order valence-corrected chi connectivity index (χ3v) is 4.08. The largest absolute Gasteiger partial charge is 0.341 e. The summed E-state index contributed by atoms with van der Waals surface area (Å²) in [6.45, 7) is 5.45. The fourth-order valence-electron chi connectivity index (χ4n) is 2.40. The molecule has 2 aromatic rings. The van der Waals surface area contributed by atoms with Crippen molar-refractivity contribution in [2.45, 2.75) is 32.0 Å². The Morgan fingerprint density at radius 1 is 1.05 bits per heavy atom. The summed E-state index contributed by atoms with van der Waals surface area (Å²) in [5.74, 6) is 0. The number of hydrogen-bond donors (Lipinski definition) is 0. The van der Waals surface area contributed by atoms with Crippen LogP contribution in [0, 0.1) is 6.92 Å². The van der Waals surface area contributed by atoms with Crippen LogP contribution in [0.2, 0.25) is 0 Å². The molecule has 0 saturated heterocycles. The Hall–Kier alpha value is -1.28. The molecule has 1 nitrogen and oxygen atoms in total. The topological polar surface area (TPSA) is 3.24 Å². The van der Waals surface area contributed by atoms with Crippen LogP contribution in [0.15, 0.2) is 48.5 Å². The van der Waals surface area contributed by atoms with E-state index >= 15 is 0 Å². The van der Waals surface area contributed by atoms with E-state index in [4.69, 9.17) is 0 Å². The number of benzene rings is 2. The van der Waals surface area contributed by atoms with Gasteiger partial charge in [0.15, 0.2) is 0 Å². The van der Waals surface area contributed by atoms with E-state index in [9.17, 15) is 0 Å². The van der Waals surface area contributed by atoms with Crippen molar-refractivity contribution in [3.05, 3.63) is 59.7 Å². The van der Waals surface area contributed by atoms with Gasteiger partial charge in [-0.25, -0.2) is 0 Å². The number of alkyl halides is 1. The molecule has 0 bridgehead atoms. The molecular weight excluding hydrogens is 310 g/mol. The summed E-state index contributed by atoms with van der Waals surface area (Å²) in [5, 5.41) is 0.888. The molecule has 0 aliphatic heterocycles. The Kier molecular flexibility index (Phi) is 5.66. The normalized spacial score (nSPS) is 10.6. The van der Waals surface area contributed by atoms with E-state index in [1.54, 1.807) is 0 Å². The van der Waals surface area contributed by atoms with Gasteiger partial charge in [0.1, 0.15) is 0 Å². The Morgan fingerprint density at radius 3 is 2.45 bits per heavy atom. The molecule has 106 valence electrons. The van der Waals surface area contributed by atoms with Crippen LogP contribution in [0.5, 0.6) is 0 Å². The van der Waals surface area contributed by atoms with Crippen molar-refractivity contribution in [1.29, 1.82) is 0 Å². The minimum atomic E-state index is 0.888. The van der Waals surface area contributed by atoms with Gasteiger partial charge in [0, 0.05) is 23.2 Å². The maximum absolute atomic E-state index is 3.62. The molecule has 0 aromatic heterocycles. The van der Waals surface area contributed by atoms with E-state index < -0.39 is 0 Å². The first-order valence-electron chi connectivity index (χ1n) is 7.24. The van der Waals surface area contributed by atoms with Crippen LogP contribution in [-0.2, 0) is 5.33 Å². The molecule has 0 amide bonds. The second kappa shape index (κ2) is 7.49. The van der Waals surface area contributed by atoms with Gasteiger partial charge in [-0.15, -0.1) is 0 Å². The quantitative estimate of drug-likeness (QED) is 0.602. The van der Waals surface area contributed by atoms with Crippen molar-refractivity contribution in [3.8, 4) is 0 Å². The average Bonchev–Trinajstić information content (AvgIpc) is 2.49. The number of anilines is 2. The van der Waals surface area contributed by atoms with Gasteiger partial charge >= 0.3 is 0 Å². The Labute approximate surface area is 130 Å². The summed E-state index contributed by atoms with van der Waals surface area (Å²) in [5.41, 5.74) is 5.25. The lowest BCUT2D eigenvalue weighted by Gasteiger charge is -2.27. The predicted octanol–water partition coefficient (Wildman–Crippen LogP) is 5.83. The molecule has 0 aliphatic rings. The molecule has 0 N–H and O–H groups in total. The SMILES string of the molecule is CCCCN(c1ccccc1)c1ccc(C)cc1CBr. The minimum Gasteiger partial charge on any atom is -0.341 e. The summed E-state index contributed by atoms with van der Waals surface area (Å²) in [6.07, 6.45) is 2.41. The molecule has 0 spiro atoms. The lowest BCUT2D eigenvalue weighted by molar-refractivity contribution is 0.784. The van der Waals surface area contributed by atoms with Crippen LogP contribution in [0.25, 0.3) is 0 Å². The highest BCUT2D eigenvalue weighted by Crippen LogP contribution is 2.31. The zero-order chi connectivity index (χ0) is 14.4. The summed E-state index contributed by atoms with van der Waals surface area (Å²) in [7, 11) is 0. The van der Waals surface area contributed by atoms with Crippen molar-refractivity contribution >= 4 is 27.3 Å². The highest BCUT2D eigenvalue weighted by atomic mass is 79.9. The Morgan fingerprint density at radius 2 is 1.80 bits per heavy atom. The van der Waals surface area contributed by atoms with Crippen molar-refractivity contribution in [1.82, 2.24) is 0 Å². The molecule has 2 rings (SSSR count). The summed E-state index contributed by atoms with van der Waals surface area (Å²) >= 11 is 3.62. The lowest BCUT2D eigenvalue weighted by Crippen LogP contribution is -2.19. The van der Waals surface area contributed by atoms with Gasteiger partial charge in [-0.1, -0.05) is 65.2 Å². The van der Waals surface area contributed by atoms with Gasteiger partial charge < -0.3 is 4.90 Å². The van der Waals surface area contributed by atoms with Crippen molar-refractivity contribution in [2.24, 2.45) is 0 Å². The standard InChI is InChI=1S/C18H22BrN/c1-3-4-12-20(17-8-6-5-7-9-17)18-11-10-15(2)13-16(18)14-19/h5-11,13H,3-4,12,14H2,1-2H3. The minimum absolute atomic E-state index is 0.888. The number of hydrogen-bond acceptors (Lipinski definition) is 1. The highest BCUT2D eigenvalue weighted by Gasteiger charge is 2.12. The second-order valence-corrected chi connectivity index (χ2v) is 5.67. The van der Waals surface area contributed by atoms with Crippen molar-refractivity contribution in [2.75, 3.05) is 11.4 Å².